The van der Waals surface area contributed by atoms with Gasteiger partial charge < -0.3 is 45.8 Å². The van der Waals surface area contributed by atoms with Crippen LogP contribution in [0.4, 0.5) is 16.6 Å². The minimum absolute atomic E-state index is 0. The second kappa shape index (κ2) is 16.9. The maximum Gasteiger partial charge on any atom is 0.315 e. The van der Waals surface area contributed by atoms with E-state index < -0.39 is 24.3 Å². The first kappa shape index (κ1) is 39.1. The first-order chi connectivity index (χ1) is 27.2. The molecule has 4 aromatic heterocycles. The molecule has 0 spiro atoms. The molecule has 5 atom stereocenters. The lowest BCUT2D eigenvalue weighted by molar-refractivity contribution is 0.00473. The van der Waals surface area contributed by atoms with Crippen LogP contribution in [-0.4, -0.2) is 109 Å². The Morgan fingerprint density at radius 3 is 2.32 bits per heavy atom. The molecule has 2 amide bonds. The number of amides is 2. The number of nitrogens with zero attached hydrogens (tertiary/aromatic N) is 10. The van der Waals surface area contributed by atoms with Crippen LogP contribution >= 0.6 is 12.4 Å². The summed E-state index contributed by atoms with van der Waals surface area (Å²) in [6, 6.07) is 17.8. The zero-order valence-electron chi connectivity index (χ0n) is 31.0. The lowest BCUT2D eigenvalue weighted by atomic mass is 9.91. The van der Waals surface area contributed by atoms with E-state index in [2.05, 4.69) is 36.3 Å². The Balaban J connectivity index is 0.00000496. The Morgan fingerprint density at radius 2 is 1.65 bits per heavy atom. The number of hydrogen-bond donors (Lipinski definition) is 7. The quantitative estimate of drug-likeness (QED) is 0.0944. The highest BCUT2D eigenvalue weighted by Gasteiger charge is 2.45. The van der Waals surface area contributed by atoms with Gasteiger partial charge in [-0.2, -0.15) is 14.8 Å². The van der Waals surface area contributed by atoms with Crippen LogP contribution in [0.5, 0.6) is 11.5 Å². The number of hydrogen-bond acceptors (Lipinski definition) is 14. The Labute approximate surface area is 333 Å². The first-order valence-corrected chi connectivity index (χ1v) is 18.6. The Morgan fingerprint density at radius 1 is 0.930 bits per heavy atom. The molecule has 0 radical (unpaired) electrons. The number of pyridine rings is 1. The third kappa shape index (κ3) is 8.37. The van der Waals surface area contributed by atoms with Gasteiger partial charge in [0.05, 0.1) is 24.6 Å². The van der Waals surface area contributed by atoms with Gasteiger partial charge in [-0.15, -0.1) is 22.6 Å². The summed E-state index contributed by atoms with van der Waals surface area (Å²) in [5.41, 5.74) is 3.51. The fourth-order valence-electron chi connectivity index (χ4n) is 7.45. The molecule has 57 heavy (non-hydrogen) atoms. The maximum atomic E-state index is 12.8. The van der Waals surface area contributed by atoms with Crippen LogP contribution in [0.2, 0.25) is 0 Å². The zero-order valence-corrected chi connectivity index (χ0v) is 31.8. The number of aryl methyl sites for hydroxylation is 1. The van der Waals surface area contributed by atoms with E-state index in [1.54, 1.807) is 41.4 Å². The third-order valence-corrected chi connectivity index (χ3v) is 10.5. The van der Waals surface area contributed by atoms with Crippen molar-refractivity contribution in [2.45, 2.75) is 69.0 Å². The Bertz CT molecular complexity index is 2230. The number of fused-ring (bicyclic) bond motifs is 1. The number of aliphatic hydroxyl groups is 2. The number of aliphatic hydroxyl groups excluding tert-OH is 2. The van der Waals surface area contributed by atoms with Gasteiger partial charge in [0.2, 0.25) is 5.95 Å². The van der Waals surface area contributed by atoms with Crippen molar-refractivity contribution in [3.8, 4) is 11.5 Å². The van der Waals surface area contributed by atoms with E-state index in [9.17, 15) is 25.2 Å². The molecule has 19 heteroatoms. The van der Waals surface area contributed by atoms with Gasteiger partial charge in [-0.3, -0.25) is 4.98 Å². The number of halogens is 1. The van der Waals surface area contributed by atoms with E-state index in [0.29, 0.717) is 74.2 Å². The van der Waals surface area contributed by atoms with Crippen molar-refractivity contribution in [2.75, 3.05) is 29.9 Å². The molecule has 0 unspecified atom stereocenters. The van der Waals surface area contributed by atoms with Gasteiger partial charge >= 0.3 is 6.03 Å². The monoisotopic (exact) mass is 797 g/mol. The Kier molecular flexibility index (Phi) is 11.6. The standard InChI is InChI=1S/C38H43N13O5.ClH/c1-2-31-46-48-51(47-31)30-17-29(33(54)34(30)55)50-21-42-32-35(40-19-28(22-6-10-26(52)11-7-22)23-8-12-27(53)13-9-23)44-37(45-36(32)50)49-16-14-25(20-49)43-38(56)41-18-24-5-3-4-15-39-24;/h3-13,15,21,25,28-30,33-34,52-55H,2,14,16-20H2,1H3,(H,40,44,45)(H2,41,43,56);1H/t25-,29-,30+,33+,34-;/m1./s1. The van der Waals surface area contributed by atoms with E-state index in [4.69, 9.17) is 15.0 Å². The largest absolute Gasteiger partial charge is 0.508 e. The summed E-state index contributed by atoms with van der Waals surface area (Å²) in [5, 5.41) is 64.6. The number of urea groups is 1. The summed E-state index contributed by atoms with van der Waals surface area (Å²) in [6.45, 7) is 3.59. The summed E-state index contributed by atoms with van der Waals surface area (Å²) in [5.74, 6) is 1.47. The summed E-state index contributed by atoms with van der Waals surface area (Å²) in [4.78, 5) is 35.1. The van der Waals surface area contributed by atoms with Gasteiger partial charge in [-0.05, 0) is 65.6 Å². The molecule has 0 bridgehead atoms. The molecule has 7 N–H and O–H groups in total. The number of imidazole rings is 1. The minimum Gasteiger partial charge on any atom is -0.508 e. The molecule has 2 aromatic carbocycles. The number of phenols is 2. The van der Waals surface area contributed by atoms with Crippen LogP contribution in [-0.2, 0) is 13.0 Å². The highest BCUT2D eigenvalue weighted by atomic mass is 35.5. The number of benzene rings is 2. The zero-order chi connectivity index (χ0) is 38.8. The molecular weight excluding hydrogens is 754 g/mol. The van der Waals surface area contributed by atoms with E-state index >= 15 is 0 Å². The molecule has 1 saturated heterocycles. The van der Waals surface area contributed by atoms with Crippen LogP contribution in [0.25, 0.3) is 11.2 Å². The van der Waals surface area contributed by atoms with E-state index in [1.807, 2.05) is 54.3 Å². The molecule has 1 aliphatic heterocycles. The fraction of sp³-hybridized carbons (Fsp3) is 0.368. The topological polar surface area (TPSA) is 237 Å². The number of carbonyl (C=O) groups excluding carboxylic acids is 1. The first-order valence-electron chi connectivity index (χ1n) is 18.6. The molecule has 5 heterocycles. The molecule has 298 valence electrons. The van der Waals surface area contributed by atoms with Crippen molar-refractivity contribution in [3.05, 3.63) is 102 Å². The smallest absolute Gasteiger partial charge is 0.315 e. The summed E-state index contributed by atoms with van der Waals surface area (Å²) in [6.07, 6.45) is 2.47. The number of phenolic OH excluding ortho intramolecular Hbond substituents is 2. The molecule has 1 saturated carbocycles. The Hall–Kier alpha value is -6.11. The molecule has 8 rings (SSSR count). The summed E-state index contributed by atoms with van der Waals surface area (Å²) >= 11 is 0. The fourth-order valence-corrected chi connectivity index (χ4v) is 7.45. The van der Waals surface area contributed by atoms with Crippen LogP contribution in [0.3, 0.4) is 0 Å². The minimum atomic E-state index is -1.18. The van der Waals surface area contributed by atoms with Crippen molar-refractivity contribution in [2.24, 2.45) is 0 Å². The van der Waals surface area contributed by atoms with Crippen molar-refractivity contribution < 1.29 is 25.2 Å². The molecular formula is C38H44ClN13O5. The number of tetrazole rings is 1. The SMILES string of the molecule is CCc1nnn([C@H]2C[C@@H](n3cnc4c(NCC(c5ccc(O)cc5)c5ccc(O)cc5)nc(N5CC[C@@H](NC(=O)NCc6ccccn6)C5)nc43)[C@H](O)[C@@H]2O)n1.Cl. The van der Waals surface area contributed by atoms with E-state index in [0.717, 1.165) is 16.8 Å². The molecule has 1 aliphatic carbocycles. The second-order valence-corrected chi connectivity index (χ2v) is 14.1. The normalized spacial score (nSPS) is 20.5. The number of anilines is 2. The number of nitrogens with one attached hydrogen (secondary N) is 3. The maximum absolute atomic E-state index is 12.8. The van der Waals surface area contributed by atoms with Gasteiger partial charge in [-0.1, -0.05) is 37.3 Å². The predicted molar refractivity (Wildman–Crippen MR) is 211 cm³/mol. The van der Waals surface area contributed by atoms with Gasteiger partial charge in [-0.25, -0.2) is 9.78 Å². The van der Waals surface area contributed by atoms with Crippen molar-refractivity contribution in [3.63, 3.8) is 0 Å². The lowest BCUT2D eigenvalue weighted by Gasteiger charge is -2.22. The summed E-state index contributed by atoms with van der Waals surface area (Å²) in [7, 11) is 0. The molecule has 2 fully saturated rings. The van der Waals surface area contributed by atoms with Crippen LogP contribution < -0.4 is 20.9 Å². The molecule has 18 nitrogen and oxygen atoms in total. The lowest BCUT2D eigenvalue weighted by Crippen LogP contribution is -2.43. The van der Waals surface area contributed by atoms with Crippen molar-refractivity contribution >= 4 is 41.4 Å². The highest BCUT2D eigenvalue weighted by molar-refractivity contribution is 5.85. The number of carbonyl (C=O) groups is 1. The van der Waals surface area contributed by atoms with Crippen molar-refractivity contribution in [1.29, 1.82) is 0 Å². The average Bonchev–Trinajstić information content (AvgIpc) is 4.03. The average molecular weight is 798 g/mol. The van der Waals surface area contributed by atoms with Crippen LogP contribution in [0.15, 0.2) is 79.3 Å². The van der Waals surface area contributed by atoms with Gasteiger partial charge in [0.1, 0.15) is 29.7 Å². The molecule has 6 aromatic rings. The van der Waals surface area contributed by atoms with E-state index in [1.165, 1.54) is 4.80 Å². The number of aromatic hydroxyl groups is 2. The van der Waals surface area contributed by atoms with Gasteiger partial charge in [0.25, 0.3) is 0 Å². The van der Waals surface area contributed by atoms with Gasteiger partial charge in [0.15, 0.2) is 22.8 Å². The van der Waals surface area contributed by atoms with Gasteiger partial charge in [0, 0.05) is 44.2 Å². The number of rotatable bonds is 12. The number of aromatic nitrogens is 9. The molecule has 2 aliphatic rings. The van der Waals surface area contributed by atoms with Crippen LogP contribution in [0, 0.1) is 0 Å². The summed E-state index contributed by atoms with van der Waals surface area (Å²) < 4.78 is 1.77. The van der Waals surface area contributed by atoms with E-state index in [-0.39, 0.29) is 41.9 Å². The third-order valence-electron chi connectivity index (χ3n) is 10.5. The van der Waals surface area contributed by atoms with Crippen molar-refractivity contribution in [1.82, 2.24) is 55.3 Å². The predicted octanol–water partition coefficient (Wildman–Crippen LogP) is 2.83. The van der Waals surface area contributed by atoms with Crippen LogP contribution in [0.1, 0.15) is 60.4 Å². The highest BCUT2D eigenvalue weighted by Crippen LogP contribution is 2.40. The second-order valence-electron chi connectivity index (χ2n) is 14.1.